The summed E-state index contributed by atoms with van der Waals surface area (Å²) in [5, 5.41) is 2.89. The van der Waals surface area contributed by atoms with Crippen molar-refractivity contribution in [3.05, 3.63) is 16.1 Å². The quantitative estimate of drug-likeness (QED) is 0.734. The Morgan fingerprint density at radius 2 is 1.94 bits per heavy atom. The van der Waals surface area contributed by atoms with Crippen LogP contribution in [0.2, 0.25) is 0 Å². The molecule has 2 atom stereocenters. The summed E-state index contributed by atoms with van der Waals surface area (Å²) in [6, 6.07) is 0. The number of aryl methyl sites for hydroxylation is 1. The molecular formula is C13H19NOS. The lowest BCUT2D eigenvalue weighted by molar-refractivity contribution is 0.0831. The van der Waals surface area contributed by atoms with Gasteiger partial charge in [0.25, 0.3) is 0 Å². The summed E-state index contributed by atoms with van der Waals surface area (Å²) in [4.78, 5) is 16.6. The third kappa shape index (κ3) is 2.51. The fourth-order valence-electron chi connectivity index (χ4n) is 2.85. The second-order valence-electron chi connectivity index (χ2n) is 5.23. The van der Waals surface area contributed by atoms with Gasteiger partial charge in [0.05, 0.1) is 5.01 Å². The van der Waals surface area contributed by atoms with Crippen molar-refractivity contribution in [3.63, 3.8) is 0 Å². The Labute approximate surface area is 101 Å². The van der Waals surface area contributed by atoms with E-state index in [9.17, 15) is 4.79 Å². The first-order chi connectivity index (χ1) is 7.56. The molecule has 1 fully saturated rings. The SMILES string of the molecule is Cc1nc(C(=O)C2CC(C)CC(C)C2)cs1. The number of rotatable bonds is 2. The van der Waals surface area contributed by atoms with E-state index in [1.54, 1.807) is 11.3 Å². The van der Waals surface area contributed by atoms with Crippen LogP contribution in [0.4, 0.5) is 0 Å². The summed E-state index contributed by atoms with van der Waals surface area (Å²) in [5.74, 6) is 1.83. The lowest BCUT2D eigenvalue weighted by Gasteiger charge is -2.30. The molecule has 1 saturated carbocycles. The van der Waals surface area contributed by atoms with Crippen LogP contribution in [0.25, 0.3) is 0 Å². The van der Waals surface area contributed by atoms with Crippen molar-refractivity contribution < 1.29 is 4.79 Å². The Morgan fingerprint density at radius 3 is 2.44 bits per heavy atom. The summed E-state index contributed by atoms with van der Waals surface area (Å²) >= 11 is 1.57. The minimum Gasteiger partial charge on any atom is -0.292 e. The maximum atomic E-state index is 12.2. The first kappa shape index (κ1) is 11.8. The number of hydrogen-bond donors (Lipinski definition) is 0. The Kier molecular flexibility index (Phi) is 3.43. The van der Waals surface area contributed by atoms with Gasteiger partial charge < -0.3 is 0 Å². The highest BCUT2D eigenvalue weighted by Crippen LogP contribution is 2.34. The molecule has 2 unspecified atom stereocenters. The van der Waals surface area contributed by atoms with Gasteiger partial charge in [-0.3, -0.25) is 4.79 Å². The van der Waals surface area contributed by atoms with Crippen LogP contribution >= 0.6 is 11.3 Å². The molecule has 3 heteroatoms. The van der Waals surface area contributed by atoms with Crippen molar-refractivity contribution >= 4 is 17.1 Å². The maximum Gasteiger partial charge on any atom is 0.185 e. The molecule has 1 aliphatic carbocycles. The molecule has 0 N–H and O–H groups in total. The van der Waals surface area contributed by atoms with Crippen LogP contribution in [-0.4, -0.2) is 10.8 Å². The monoisotopic (exact) mass is 237 g/mol. The van der Waals surface area contributed by atoms with Gasteiger partial charge in [0, 0.05) is 11.3 Å². The van der Waals surface area contributed by atoms with E-state index in [0.29, 0.717) is 17.5 Å². The van der Waals surface area contributed by atoms with Crippen molar-refractivity contribution in [3.8, 4) is 0 Å². The Morgan fingerprint density at radius 1 is 1.31 bits per heavy atom. The number of ketones is 1. The molecule has 1 aliphatic rings. The molecule has 0 spiro atoms. The third-order valence-electron chi connectivity index (χ3n) is 3.42. The van der Waals surface area contributed by atoms with E-state index in [2.05, 4.69) is 18.8 Å². The molecule has 1 heterocycles. The fourth-order valence-corrected chi connectivity index (χ4v) is 3.45. The molecule has 2 nitrogen and oxygen atoms in total. The number of carbonyl (C=O) groups is 1. The van der Waals surface area contributed by atoms with E-state index < -0.39 is 0 Å². The standard InChI is InChI=1S/C13H19NOS/c1-8-4-9(2)6-11(5-8)13(15)12-7-16-10(3)14-12/h7-9,11H,4-6H2,1-3H3. The lowest BCUT2D eigenvalue weighted by atomic mass is 9.74. The van der Waals surface area contributed by atoms with Crippen molar-refractivity contribution in [2.75, 3.05) is 0 Å². The highest BCUT2D eigenvalue weighted by molar-refractivity contribution is 7.09. The van der Waals surface area contributed by atoms with Crippen LogP contribution in [0, 0.1) is 24.7 Å². The van der Waals surface area contributed by atoms with Crippen molar-refractivity contribution in [2.45, 2.75) is 40.0 Å². The molecule has 1 aromatic rings. The van der Waals surface area contributed by atoms with Gasteiger partial charge in [0.15, 0.2) is 5.78 Å². The smallest absolute Gasteiger partial charge is 0.185 e. The predicted octanol–water partition coefficient (Wildman–Crippen LogP) is 3.71. The highest BCUT2D eigenvalue weighted by atomic mass is 32.1. The number of thiazole rings is 1. The van der Waals surface area contributed by atoms with E-state index in [-0.39, 0.29) is 11.7 Å². The number of carbonyl (C=O) groups excluding carboxylic acids is 1. The molecule has 0 radical (unpaired) electrons. The number of nitrogens with zero attached hydrogens (tertiary/aromatic N) is 1. The predicted molar refractivity (Wildman–Crippen MR) is 66.9 cm³/mol. The molecule has 0 amide bonds. The molecule has 88 valence electrons. The number of aromatic nitrogens is 1. The van der Waals surface area contributed by atoms with Crippen LogP contribution in [0.1, 0.15) is 48.6 Å². The van der Waals surface area contributed by atoms with Gasteiger partial charge in [0.1, 0.15) is 5.69 Å². The zero-order valence-corrected chi connectivity index (χ0v) is 11.0. The van der Waals surface area contributed by atoms with Gasteiger partial charge in [-0.1, -0.05) is 13.8 Å². The Bertz CT molecular complexity index is 375. The zero-order chi connectivity index (χ0) is 11.7. The molecule has 2 rings (SSSR count). The third-order valence-corrected chi connectivity index (χ3v) is 4.19. The Balaban J connectivity index is 2.09. The van der Waals surface area contributed by atoms with Gasteiger partial charge in [0.2, 0.25) is 0 Å². The fraction of sp³-hybridized carbons (Fsp3) is 0.692. The van der Waals surface area contributed by atoms with Gasteiger partial charge in [-0.25, -0.2) is 4.98 Å². The van der Waals surface area contributed by atoms with E-state index in [1.165, 1.54) is 6.42 Å². The van der Waals surface area contributed by atoms with Gasteiger partial charge in [-0.2, -0.15) is 0 Å². The van der Waals surface area contributed by atoms with E-state index in [4.69, 9.17) is 0 Å². The summed E-state index contributed by atoms with van der Waals surface area (Å²) in [6.07, 6.45) is 3.35. The molecule has 0 aliphatic heterocycles. The molecule has 0 bridgehead atoms. The minimum atomic E-state index is 0.209. The summed E-state index contributed by atoms with van der Waals surface area (Å²) in [5.41, 5.74) is 0.689. The van der Waals surface area contributed by atoms with Crippen molar-refractivity contribution in [1.82, 2.24) is 4.98 Å². The minimum absolute atomic E-state index is 0.209. The molecular weight excluding hydrogens is 218 g/mol. The second kappa shape index (κ2) is 4.66. The molecule has 1 aromatic heterocycles. The molecule has 16 heavy (non-hydrogen) atoms. The summed E-state index contributed by atoms with van der Waals surface area (Å²) in [7, 11) is 0. The van der Waals surface area contributed by atoms with E-state index in [1.807, 2.05) is 12.3 Å². The molecule has 0 aromatic carbocycles. The van der Waals surface area contributed by atoms with Crippen LogP contribution in [0.3, 0.4) is 0 Å². The summed E-state index contributed by atoms with van der Waals surface area (Å²) < 4.78 is 0. The normalized spacial score (nSPS) is 30.3. The first-order valence-corrected chi connectivity index (χ1v) is 6.90. The maximum absolute atomic E-state index is 12.2. The topological polar surface area (TPSA) is 30.0 Å². The average molecular weight is 237 g/mol. The lowest BCUT2D eigenvalue weighted by Crippen LogP contribution is -2.26. The van der Waals surface area contributed by atoms with Gasteiger partial charge >= 0.3 is 0 Å². The van der Waals surface area contributed by atoms with E-state index in [0.717, 1.165) is 17.8 Å². The average Bonchev–Trinajstić information content (AvgIpc) is 2.62. The largest absolute Gasteiger partial charge is 0.292 e. The van der Waals surface area contributed by atoms with Gasteiger partial charge in [-0.15, -0.1) is 11.3 Å². The molecule has 0 saturated heterocycles. The Hall–Kier alpha value is -0.700. The van der Waals surface area contributed by atoms with Crippen LogP contribution in [-0.2, 0) is 0 Å². The zero-order valence-electron chi connectivity index (χ0n) is 10.2. The highest BCUT2D eigenvalue weighted by Gasteiger charge is 2.30. The van der Waals surface area contributed by atoms with Crippen LogP contribution in [0.15, 0.2) is 5.38 Å². The summed E-state index contributed by atoms with van der Waals surface area (Å²) in [6.45, 7) is 6.46. The van der Waals surface area contributed by atoms with Crippen molar-refractivity contribution in [2.24, 2.45) is 17.8 Å². The second-order valence-corrected chi connectivity index (χ2v) is 6.29. The number of hydrogen-bond acceptors (Lipinski definition) is 3. The van der Waals surface area contributed by atoms with Gasteiger partial charge in [-0.05, 0) is 38.0 Å². The van der Waals surface area contributed by atoms with Crippen molar-refractivity contribution in [1.29, 1.82) is 0 Å². The number of Topliss-reactive ketones (excluding diaryl/α,β-unsaturated/α-hetero) is 1. The van der Waals surface area contributed by atoms with Crippen LogP contribution < -0.4 is 0 Å². The van der Waals surface area contributed by atoms with Crippen LogP contribution in [0.5, 0.6) is 0 Å². The van der Waals surface area contributed by atoms with E-state index >= 15 is 0 Å². The first-order valence-electron chi connectivity index (χ1n) is 6.02.